The molecule has 138 valence electrons. The molecule has 2 rings (SSSR count). The molecule has 0 radical (unpaired) electrons. The first-order valence-corrected chi connectivity index (χ1v) is 8.80. The van der Waals surface area contributed by atoms with E-state index in [1.54, 1.807) is 6.07 Å². The Kier molecular flexibility index (Phi) is 5.92. The van der Waals surface area contributed by atoms with Gasteiger partial charge in [0.15, 0.2) is 0 Å². The molecule has 0 aliphatic rings. The zero-order valence-electron chi connectivity index (χ0n) is 13.7. The van der Waals surface area contributed by atoms with E-state index in [1.807, 2.05) is 0 Å². The van der Waals surface area contributed by atoms with Crippen molar-refractivity contribution < 1.29 is 22.6 Å². The van der Waals surface area contributed by atoms with Gasteiger partial charge in [0.25, 0.3) is 21.9 Å². The van der Waals surface area contributed by atoms with Gasteiger partial charge in [-0.15, -0.1) is 0 Å². The molecular weight excluding hydrogens is 372 g/mol. The molecule has 2 amide bonds. The number of benzene rings is 2. The molecule has 2 aromatic carbocycles. The highest BCUT2D eigenvalue weighted by Gasteiger charge is 2.13. The summed E-state index contributed by atoms with van der Waals surface area (Å²) in [6.07, 6.45) is 0.959. The Morgan fingerprint density at radius 2 is 1.67 bits per heavy atom. The SMILES string of the molecule is N#C/C(=C/NC(=O)c1ccc(N)cc1)C(=O)Nc1ccc(S(=O)(=O)O)cc1. The second-order valence-electron chi connectivity index (χ2n) is 5.22. The van der Waals surface area contributed by atoms with Crippen molar-refractivity contribution in [2.75, 3.05) is 11.1 Å². The summed E-state index contributed by atoms with van der Waals surface area (Å²) in [6.45, 7) is 0. The van der Waals surface area contributed by atoms with Gasteiger partial charge in [-0.05, 0) is 48.5 Å². The molecule has 0 atom stereocenters. The first-order chi connectivity index (χ1) is 12.7. The topological polar surface area (TPSA) is 162 Å². The summed E-state index contributed by atoms with van der Waals surface area (Å²) in [5.74, 6) is -1.34. The largest absolute Gasteiger partial charge is 0.399 e. The smallest absolute Gasteiger partial charge is 0.294 e. The number of hydrogen-bond acceptors (Lipinski definition) is 6. The van der Waals surface area contributed by atoms with Crippen LogP contribution in [0.5, 0.6) is 0 Å². The lowest BCUT2D eigenvalue weighted by Gasteiger charge is -2.06. The molecule has 0 fully saturated rings. The van der Waals surface area contributed by atoms with Crippen LogP contribution in [0.3, 0.4) is 0 Å². The van der Waals surface area contributed by atoms with Crippen LogP contribution in [0, 0.1) is 11.3 Å². The van der Waals surface area contributed by atoms with Crippen molar-refractivity contribution in [3.63, 3.8) is 0 Å². The molecule has 10 heteroatoms. The fourth-order valence-corrected chi connectivity index (χ4v) is 2.39. The highest BCUT2D eigenvalue weighted by atomic mass is 32.2. The molecule has 0 aliphatic heterocycles. The second kappa shape index (κ2) is 8.13. The van der Waals surface area contributed by atoms with E-state index in [9.17, 15) is 18.0 Å². The van der Waals surface area contributed by atoms with Crippen LogP contribution in [0.25, 0.3) is 0 Å². The molecule has 5 N–H and O–H groups in total. The maximum Gasteiger partial charge on any atom is 0.294 e. The van der Waals surface area contributed by atoms with Gasteiger partial charge in [0, 0.05) is 23.1 Å². The van der Waals surface area contributed by atoms with Crippen LogP contribution < -0.4 is 16.4 Å². The number of carbonyl (C=O) groups excluding carboxylic acids is 2. The van der Waals surface area contributed by atoms with E-state index in [-0.39, 0.29) is 16.2 Å². The first kappa shape index (κ1) is 19.6. The van der Waals surface area contributed by atoms with E-state index in [1.165, 1.54) is 36.4 Å². The Morgan fingerprint density at radius 3 is 2.19 bits per heavy atom. The van der Waals surface area contributed by atoms with Gasteiger partial charge in [-0.25, -0.2) is 0 Å². The van der Waals surface area contributed by atoms with Gasteiger partial charge < -0.3 is 16.4 Å². The summed E-state index contributed by atoms with van der Waals surface area (Å²) in [7, 11) is -4.35. The average Bonchev–Trinajstić information content (AvgIpc) is 2.62. The normalized spacial score (nSPS) is 11.3. The quantitative estimate of drug-likeness (QED) is 0.260. The van der Waals surface area contributed by atoms with E-state index < -0.39 is 21.9 Å². The van der Waals surface area contributed by atoms with E-state index in [4.69, 9.17) is 15.5 Å². The van der Waals surface area contributed by atoms with Crippen molar-refractivity contribution in [3.05, 3.63) is 65.9 Å². The molecule has 0 unspecified atom stereocenters. The fraction of sp³-hybridized carbons (Fsp3) is 0. The Labute approximate surface area is 154 Å². The number of anilines is 2. The second-order valence-corrected chi connectivity index (χ2v) is 6.64. The summed E-state index contributed by atoms with van der Waals surface area (Å²) in [5.41, 5.74) is 6.12. The summed E-state index contributed by atoms with van der Waals surface area (Å²) >= 11 is 0. The van der Waals surface area contributed by atoms with Crippen molar-refractivity contribution in [1.29, 1.82) is 5.26 Å². The van der Waals surface area contributed by atoms with Crippen molar-refractivity contribution in [3.8, 4) is 6.07 Å². The molecular formula is C17H14N4O5S. The van der Waals surface area contributed by atoms with Crippen LogP contribution in [-0.4, -0.2) is 24.8 Å². The minimum atomic E-state index is -4.35. The molecule has 0 spiro atoms. The van der Waals surface area contributed by atoms with E-state index in [2.05, 4.69) is 10.6 Å². The Hall–Kier alpha value is -3.68. The van der Waals surface area contributed by atoms with E-state index >= 15 is 0 Å². The third-order valence-electron chi connectivity index (χ3n) is 3.30. The lowest BCUT2D eigenvalue weighted by atomic mass is 10.2. The lowest BCUT2D eigenvalue weighted by Crippen LogP contribution is -2.21. The van der Waals surface area contributed by atoms with Gasteiger partial charge in [-0.1, -0.05) is 0 Å². The Bertz CT molecular complexity index is 1040. The van der Waals surface area contributed by atoms with Crippen molar-refractivity contribution in [2.45, 2.75) is 4.90 Å². The van der Waals surface area contributed by atoms with Gasteiger partial charge in [0.05, 0.1) is 4.90 Å². The molecule has 0 aromatic heterocycles. The van der Waals surface area contributed by atoms with Gasteiger partial charge in [0.1, 0.15) is 11.6 Å². The van der Waals surface area contributed by atoms with Crippen molar-refractivity contribution >= 4 is 33.3 Å². The molecule has 9 nitrogen and oxygen atoms in total. The molecule has 2 aromatic rings. The third-order valence-corrected chi connectivity index (χ3v) is 4.16. The van der Waals surface area contributed by atoms with Crippen molar-refractivity contribution in [1.82, 2.24) is 5.32 Å². The minimum Gasteiger partial charge on any atom is -0.399 e. The number of nitrogens with one attached hydrogen (secondary N) is 2. The minimum absolute atomic E-state index is 0.193. The molecule has 0 heterocycles. The van der Waals surface area contributed by atoms with Crippen LogP contribution >= 0.6 is 0 Å². The van der Waals surface area contributed by atoms with Gasteiger partial charge >= 0.3 is 0 Å². The van der Waals surface area contributed by atoms with E-state index in [0.29, 0.717) is 11.3 Å². The van der Waals surface area contributed by atoms with Crippen LogP contribution in [0.1, 0.15) is 10.4 Å². The summed E-state index contributed by atoms with van der Waals surface area (Å²) in [5, 5.41) is 13.8. The standard InChI is InChI=1S/C17H14N4O5S/c18-9-12(10-20-16(22)11-1-3-13(19)4-2-11)17(23)21-14-5-7-15(8-6-14)27(24,25)26/h1-8,10H,19H2,(H,20,22)(H,21,23)(H,24,25,26)/b12-10-. The highest BCUT2D eigenvalue weighted by molar-refractivity contribution is 7.85. The van der Waals surface area contributed by atoms with Crippen LogP contribution in [0.4, 0.5) is 11.4 Å². The van der Waals surface area contributed by atoms with Gasteiger partial charge in [-0.3, -0.25) is 14.1 Å². The zero-order valence-corrected chi connectivity index (χ0v) is 14.5. The Balaban J connectivity index is 2.06. The molecule has 27 heavy (non-hydrogen) atoms. The molecule has 0 saturated heterocycles. The number of hydrogen-bond donors (Lipinski definition) is 4. The maximum absolute atomic E-state index is 12.1. The summed E-state index contributed by atoms with van der Waals surface area (Å²) in [6, 6.07) is 12.3. The number of nitrogens with zero attached hydrogens (tertiary/aromatic N) is 1. The number of nitriles is 1. The van der Waals surface area contributed by atoms with Crippen LogP contribution in [0.15, 0.2) is 65.2 Å². The molecule has 0 saturated carbocycles. The number of rotatable bonds is 5. The Morgan fingerprint density at radius 1 is 1.07 bits per heavy atom. The van der Waals surface area contributed by atoms with E-state index in [0.717, 1.165) is 18.3 Å². The number of amides is 2. The lowest BCUT2D eigenvalue weighted by molar-refractivity contribution is -0.112. The highest BCUT2D eigenvalue weighted by Crippen LogP contribution is 2.14. The third kappa shape index (κ3) is 5.40. The van der Waals surface area contributed by atoms with Crippen molar-refractivity contribution in [2.24, 2.45) is 0 Å². The number of carbonyl (C=O) groups is 2. The summed E-state index contributed by atoms with van der Waals surface area (Å²) < 4.78 is 30.9. The van der Waals surface area contributed by atoms with Crippen LogP contribution in [0.2, 0.25) is 0 Å². The predicted molar refractivity (Wildman–Crippen MR) is 96.9 cm³/mol. The predicted octanol–water partition coefficient (Wildman–Crippen LogP) is 1.29. The average molecular weight is 386 g/mol. The molecule has 0 aliphatic carbocycles. The van der Waals surface area contributed by atoms with Gasteiger partial charge in [0.2, 0.25) is 0 Å². The monoisotopic (exact) mass is 386 g/mol. The van der Waals surface area contributed by atoms with Gasteiger partial charge in [-0.2, -0.15) is 13.7 Å². The molecule has 0 bridgehead atoms. The first-order valence-electron chi connectivity index (χ1n) is 7.36. The zero-order chi connectivity index (χ0) is 20.0. The summed E-state index contributed by atoms with van der Waals surface area (Å²) in [4.78, 5) is 23.7. The number of nitrogen functional groups attached to an aromatic ring is 1. The number of nitrogens with two attached hydrogens (primary N) is 1. The van der Waals surface area contributed by atoms with Crippen LogP contribution in [-0.2, 0) is 14.9 Å². The fourth-order valence-electron chi connectivity index (χ4n) is 1.91. The maximum atomic E-state index is 12.1.